The highest BCUT2D eigenvalue weighted by molar-refractivity contribution is 8.01. The number of thioether (sulfide) groups is 1. The van der Waals surface area contributed by atoms with E-state index in [1.165, 1.54) is 21.3 Å². The zero-order valence-electron chi connectivity index (χ0n) is 16.5. The highest BCUT2D eigenvalue weighted by atomic mass is 32.2. The summed E-state index contributed by atoms with van der Waals surface area (Å²) in [7, 11) is 4.30. The summed E-state index contributed by atoms with van der Waals surface area (Å²) >= 11 is 1.09. The van der Waals surface area contributed by atoms with E-state index in [0.29, 0.717) is 22.7 Å². The molecule has 0 spiro atoms. The van der Waals surface area contributed by atoms with Crippen LogP contribution in [0.15, 0.2) is 48.5 Å². The van der Waals surface area contributed by atoms with Crippen LogP contribution in [0.1, 0.15) is 16.8 Å². The molecule has 29 heavy (non-hydrogen) atoms. The van der Waals surface area contributed by atoms with E-state index in [-0.39, 0.29) is 23.9 Å². The molecule has 2 aromatic rings. The van der Waals surface area contributed by atoms with Crippen LogP contribution in [0.4, 0.5) is 5.69 Å². The molecule has 0 heterocycles. The van der Waals surface area contributed by atoms with Crippen LogP contribution in [0.5, 0.6) is 11.5 Å². The standard InChI is InChI=1S/C21H23NO6S/c1-26-16-10-9-15(11-17(16)27-2)22-19(23)13-29-18(12-20(24)28-3)21(25)14-7-5-4-6-8-14/h4-11,18H,12-13H2,1-3H3,(H,22,23). The van der Waals surface area contributed by atoms with Gasteiger partial charge in [-0.15, -0.1) is 11.8 Å². The molecule has 1 N–H and O–H groups in total. The van der Waals surface area contributed by atoms with E-state index in [0.717, 1.165) is 11.8 Å². The van der Waals surface area contributed by atoms with Gasteiger partial charge in [-0.25, -0.2) is 0 Å². The lowest BCUT2D eigenvalue weighted by Gasteiger charge is -2.15. The van der Waals surface area contributed by atoms with E-state index in [9.17, 15) is 14.4 Å². The third-order valence-electron chi connectivity index (χ3n) is 4.01. The molecule has 0 saturated carbocycles. The largest absolute Gasteiger partial charge is 0.493 e. The first-order valence-corrected chi connectivity index (χ1v) is 9.83. The normalized spacial score (nSPS) is 11.3. The first-order valence-electron chi connectivity index (χ1n) is 8.78. The maximum atomic E-state index is 12.7. The van der Waals surface area contributed by atoms with Crippen molar-refractivity contribution in [2.45, 2.75) is 11.7 Å². The molecule has 0 aliphatic heterocycles. The number of anilines is 1. The Labute approximate surface area is 173 Å². The van der Waals surface area contributed by atoms with Gasteiger partial charge in [0.1, 0.15) is 0 Å². The number of hydrogen-bond donors (Lipinski definition) is 1. The molecule has 0 aromatic heterocycles. The predicted octanol–water partition coefficient (Wildman–Crippen LogP) is 3.19. The molecular weight excluding hydrogens is 394 g/mol. The zero-order chi connectivity index (χ0) is 21.2. The summed E-state index contributed by atoms with van der Waals surface area (Å²) < 4.78 is 15.1. The third kappa shape index (κ3) is 6.53. The van der Waals surface area contributed by atoms with Gasteiger partial charge >= 0.3 is 5.97 Å². The topological polar surface area (TPSA) is 90.9 Å². The van der Waals surface area contributed by atoms with Crippen molar-refractivity contribution in [2.75, 3.05) is 32.4 Å². The Balaban J connectivity index is 2.03. The van der Waals surface area contributed by atoms with Crippen molar-refractivity contribution >= 4 is 35.1 Å². The fourth-order valence-electron chi connectivity index (χ4n) is 2.54. The van der Waals surface area contributed by atoms with Crippen molar-refractivity contribution in [3.63, 3.8) is 0 Å². The average Bonchev–Trinajstić information content (AvgIpc) is 2.76. The Hall–Kier alpha value is -3.00. The molecule has 0 bridgehead atoms. The number of hydrogen-bond acceptors (Lipinski definition) is 7. The Morgan fingerprint density at radius 1 is 0.966 bits per heavy atom. The molecule has 7 nitrogen and oxygen atoms in total. The second-order valence-corrected chi connectivity index (χ2v) is 7.12. The molecule has 2 rings (SSSR count). The van der Waals surface area contributed by atoms with Crippen LogP contribution in [0.2, 0.25) is 0 Å². The van der Waals surface area contributed by atoms with Gasteiger partial charge in [0.15, 0.2) is 17.3 Å². The summed E-state index contributed by atoms with van der Waals surface area (Å²) in [5.41, 5.74) is 1.02. The molecule has 0 aliphatic rings. The second-order valence-electron chi connectivity index (χ2n) is 5.93. The summed E-state index contributed by atoms with van der Waals surface area (Å²) in [6.45, 7) is 0. The maximum absolute atomic E-state index is 12.7. The molecule has 1 amide bonds. The summed E-state index contributed by atoms with van der Waals surface area (Å²) in [6.07, 6.45) is -0.113. The average molecular weight is 417 g/mol. The number of ketones is 1. The first-order chi connectivity index (χ1) is 14.0. The van der Waals surface area contributed by atoms with Gasteiger partial charge in [-0.2, -0.15) is 0 Å². The van der Waals surface area contributed by atoms with Crippen LogP contribution in [0.3, 0.4) is 0 Å². The molecule has 0 saturated heterocycles. The molecule has 1 atom stereocenters. The van der Waals surface area contributed by atoms with Crippen LogP contribution in [0.25, 0.3) is 0 Å². The summed E-state index contributed by atoms with van der Waals surface area (Å²) in [6, 6.07) is 13.7. The quantitative estimate of drug-likeness (QED) is 0.469. The molecule has 154 valence electrons. The van der Waals surface area contributed by atoms with Crippen LogP contribution in [0, 0.1) is 0 Å². The van der Waals surface area contributed by atoms with Crippen molar-refractivity contribution < 1.29 is 28.6 Å². The highest BCUT2D eigenvalue weighted by Crippen LogP contribution is 2.30. The number of carbonyl (C=O) groups excluding carboxylic acids is 3. The molecule has 0 aliphatic carbocycles. The predicted molar refractivity (Wildman–Crippen MR) is 112 cm³/mol. The van der Waals surface area contributed by atoms with Crippen molar-refractivity contribution in [2.24, 2.45) is 0 Å². The van der Waals surface area contributed by atoms with Gasteiger partial charge < -0.3 is 19.5 Å². The Kier molecular flexibility index (Phi) is 8.54. The molecule has 8 heteroatoms. The third-order valence-corrected chi connectivity index (χ3v) is 5.23. The van der Waals surface area contributed by atoms with Gasteiger partial charge in [-0.05, 0) is 12.1 Å². The van der Waals surface area contributed by atoms with E-state index >= 15 is 0 Å². The minimum Gasteiger partial charge on any atom is -0.493 e. The first kappa shape index (κ1) is 22.3. The van der Waals surface area contributed by atoms with Crippen molar-refractivity contribution in [3.05, 3.63) is 54.1 Å². The zero-order valence-corrected chi connectivity index (χ0v) is 17.3. The second kappa shape index (κ2) is 11.1. The number of ether oxygens (including phenoxy) is 3. The fourth-order valence-corrected chi connectivity index (χ4v) is 3.50. The van der Waals surface area contributed by atoms with Crippen LogP contribution in [-0.4, -0.2) is 50.0 Å². The van der Waals surface area contributed by atoms with Gasteiger partial charge in [-0.3, -0.25) is 14.4 Å². The van der Waals surface area contributed by atoms with E-state index in [1.54, 1.807) is 48.5 Å². The summed E-state index contributed by atoms with van der Waals surface area (Å²) in [4.78, 5) is 36.8. The molecule has 2 aromatic carbocycles. The Bertz CT molecular complexity index is 856. The molecule has 0 fully saturated rings. The lowest BCUT2D eigenvalue weighted by Crippen LogP contribution is -2.25. The number of amides is 1. The van der Waals surface area contributed by atoms with E-state index < -0.39 is 11.2 Å². The molecular formula is C21H23NO6S. The Morgan fingerprint density at radius 3 is 2.28 bits per heavy atom. The van der Waals surface area contributed by atoms with Gasteiger partial charge in [0.25, 0.3) is 0 Å². The number of rotatable bonds is 10. The van der Waals surface area contributed by atoms with E-state index in [4.69, 9.17) is 9.47 Å². The fraction of sp³-hybridized carbons (Fsp3) is 0.286. The Morgan fingerprint density at radius 2 is 1.66 bits per heavy atom. The number of esters is 1. The number of nitrogens with one attached hydrogen (secondary N) is 1. The van der Waals surface area contributed by atoms with Crippen molar-refractivity contribution in [3.8, 4) is 11.5 Å². The van der Waals surface area contributed by atoms with E-state index in [2.05, 4.69) is 10.1 Å². The van der Waals surface area contributed by atoms with Gasteiger partial charge in [0, 0.05) is 17.3 Å². The SMILES string of the molecule is COC(=O)CC(SCC(=O)Nc1ccc(OC)c(OC)c1)C(=O)c1ccccc1. The van der Waals surface area contributed by atoms with E-state index in [1.807, 2.05) is 0 Å². The minimum atomic E-state index is -0.721. The number of Topliss-reactive ketones (excluding diaryl/α,β-unsaturated/α-hetero) is 1. The van der Waals surface area contributed by atoms with Crippen molar-refractivity contribution in [1.82, 2.24) is 0 Å². The van der Waals surface area contributed by atoms with Gasteiger partial charge in [0.05, 0.1) is 38.8 Å². The minimum absolute atomic E-state index is 0.00538. The molecule has 0 radical (unpaired) electrons. The summed E-state index contributed by atoms with van der Waals surface area (Å²) in [5, 5.41) is 2.03. The van der Waals surface area contributed by atoms with Crippen LogP contribution < -0.4 is 14.8 Å². The molecule has 1 unspecified atom stereocenters. The highest BCUT2D eigenvalue weighted by Gasteiger charge is 2.25. The lowest BCUT2D eigenvalue weighted by molar-refractivity contribution is -0.140. The maximum Gasteiger partial charge on any atom is 0.307 e. The summed E-state index contributed by atoms with van der Waals surface area (Å²) in [5.74, 6) is -0.00798. The number of carbonyl (C=O) groups is 3. The van der Waals surface area contributed by atoms with Gasteiger partial charge in [-0.1, -0.05) is 30.3 Å². The van der Waals surface area contributed by atoms with Crippen LogP contribution in [-0.2, 0) is 14.3 Å². The number of benzene rings is 2. The van der Waals surface area contributed by atoms with Gasteiger partial charge in [0.2, 0.25) is 5.91 Å². The van der Waals surface area contributed by atoms with Crippen LogP contribution >= 0.6 is 11.8 Å². The monoisotopic (exact) mass is 417 g/mol. The smallest absolute Gasteiger partial charge is 0.307 e. The lowest BCUT2D eigenvalue weighted by atomic mass is 10.1. The number of methoxy groups -OCH3 is 3. The van der Waals surface area contributed by atoms with Crippen molar-refractivity contribution in [1.29, 1.82) is 0 Å².